The minimum absolute atomic E-state index is 0.00851. The summed E-state index contributed by atoms with van der Waals surface area (Å²) in [6.45, 7) is 3.23. The Balaban J connectivity index is 1.51. The largest absolute Gasteiger partial charge is 0.376 e. The van der Waals surface area contributed by atoms with Crippen molar-refractivity contribution in [3.8, 4) is 0 Å². The molecule has 0 radical (unpaired) electrons. The average molecular weight is 483 g/mol. The second kappa shape index (κ2) is 9.90. The highest BCUT2D eigenvalue weighted by Gasteiger charge is 2.32. The minimum atomic E-state index is -0.502. The molecule has 3 heterocycles. The van der Waals surface area contributed by atoms with Gasteiger partial charge in [-0.3, -0.25) is 9.59 Å². The number of anilines is 1. The molecular formula is C22H24ClFN2O3S2. The van der Waals surface area contributed by atoms with E-state index in [4.69, 9.17) is 16.3 Å². The molecule has 0 spiro atoms. The van der Waals surface area contributed by atoms with Gasteiger partial charge >= 0.3 is 0 Å². The maximum Gasteiger partial charge on any atom is 0.264 e. The topological polar surface area (TPSA) is 58.6 Å². The fourth-order valence-electron chi connectivity index (χ4n) is 3.91. The van der Waals surface area contributed by atoms with E-state index < -0.39 is 11.7 Å². The molecule has 0 bridgehead atoms. The number of benzene rings is 1. The molecule has 2 atom stereocenters. The van der Waals surface area contributed by atoms with Gasteiger partial charge in [-0.2, -0.15) is 11.8 Å². The van der Waals surface area contributed by atoms with Gasteiger partial charge in [0.05, 0.1) is 26.6 Å². The number of carbonyl (C=O) groups is 2. The van der Waals surface area contributed by atoms with Gasteiger partial charge in [-0.05, 0) is 61.8 Å². The summed E-state index contributed by atoms with van der Waals surface area (Å²) in [7, 11) is 0. The van der Waals surface area contributed by atoms with Gasteiger partial charge in [0, 0.05) is 24.9 Å². The van der Waals surface area contributed by atoms with Crippen molar-refractivity contribution in [3.63, 3.8) is 0 Å². The Kier molecular flexibility index (Phi) is 7.21. The van der Waals surface area contributed by atoms with E-state index in [2.05, 4.69) is 5.32 Å². The normalized spacial score (nSPS) is 20.7. The maximum atomic E-state index is 13.5. The summed E-state index contributed by atoms with van der Waals surface area (Å²) in [4.78, 5) is 28.7. The van der Waals surface area contributed by atoms with E-state index in [1.807, 2.05) is 23.6 Å². The molecule has 1 N–H and O–H groups in total. The fourth-order valence-corrected chi connectivity index (χ4v) is 6.41. The number of halogens is 2. The van der Waals surface area contributed by atoms with Crippen LogP contribution >= 0.6 is 34.7 Å². The van der Waals surface area contributed by atoms with Gasteiger partial charge in [0.25, 0.3) is 11.8 Å². The van der Waals surface area contributed by atoms with E-state index in [0.29, 0.717) is 16.4 Å². The Bertz CT molecular complexity index is 972. The van der Waals surface area contributed by atoms with Crippen molar-refractivity contribution in [1.29, 1.82) is 0 Å². The number of hydrogen-bond acceptors (Lipinski definition) is 5. The van der Waals surface area contributed by atoms with E-state index in [1.165, 1.54) is 23.5 Å². The van der Waals surface area contributed by atoms with Crippen molar-refractivity contribution >= 4 is 51.5 Å². The Labute approximate surface area is 194 Å². The van der Waals surface area contributed by atoms with Gasteiger partial charge in [-0.15, -0.1) is 11.3 Å². The first kappa shape index (κ1) is 22.6. The molecule has 1 aromatic heterocycles. The van der Waals surface area contributed by atoms with Crippen LogP contribution in [0.1, 0.15) is 44.9 Å². The van der Waals surface area contributed by atoms with Crippen LogP contribution in [0.4, 0.5) is 9.39 Å². The van der Waals surface area contributed by atoms with Gasteiger partial charge in [0.15, 0.2) is 0 Å². The van der Waals surface area contributed by atoms with Crippen molar-refractivity contribution in [2.45, 2.75) is 38.3 Å². The molecule has 2 fully saturated rings. The number of thiophene rings is 1. The van der Waals surface area contributed by atoms with E-state index in [-0.39, 0.29) is 28.6 Å². The van der Waals surface area contributed by atoms with E-state index >= 15 is 0 Å². The smallest absolute Gasteiger partial charge is 0.264 e. The van der Waals surface area contributed by atoms with E-state index in [9.17, 15) is 14.0 Å². The molecule has 166 valence electrons. The van der Waals surface area contributed by atoms with Crippen LogP contribution in [-0.2, 0) is 4.74 Å². The second-order valence-electron chi connectivity index (χ2n) is 7.81. The molecule has 9 heteroatoms. The number of hydrogen-bond donors (Lipinski definition) is 1. The number of thioether (sulfide) groups is 1. The summed E-state index contributed by atoms with van der Waals surface area (Å²) < 4.78 is 19.1. The Morgan fingerprint density at radius 2 is 2.16 bits per heavy atom. The van der Waals surface area contributed by atoms with Crippen LogP contribution in [-0.4, -0.2) is 53.5 Å². The summed E-state index contributed by atoms with van der Waals surface area (Å²) >= 11 is 9.13. The minimum Gasteiger partial charge on any atom is -0.376 e. The third kappa shape index (κ3) is 5.25. The van der Waals surface area contributed by atoms with E-state index in [0.717, 1.165) is 49.0 Å². The molecule has 2 aliphatic rings. The molecule has 2 unspecified atom stereocenters. The zero-order valence-corrected chi connectivity index (χ0v) is 19.5. The number of carbonyl (C=O) groups excluding carboxylic acids is 2. The van der Waals surface area contributed by atoms with E-state index in [1.54, 1.807) is 6.07 Å². The molecule has 2 saturated heterocycles. The van der Waals surface area contributed by atoms with Gasteiger partial charge in [0.1, 0.15) is 5.82 Å². The van der Waals surface area contributed by atoms with Crippen LogP contribution in [0.3, 0.4) is 0 Å². The first-order chi connectivity index (χ1) is 14.9. The summed E-state index contributed by atoms with van der Waals surface area (Å²) in [5.41, 5.74) is 1.00. The predicted octanol–water partition coefficient (Wildman–Crippen LogP) is 5.23. The molecule has 5 nitrogen and oxygen atoms in total. The summed E-state index contributed by atoms with van der Waals surface area (Å²) in [6.07, 6.45) is 3.09. The van der Waals surface area contributed by atoms with Gasteiger partial charge < -0.3 is 15.0 Å². The molecule has 1 aromatic carbocycles. The molecule has 0 aliphatic carbocycles. The van der Waals surface area contributed by atoms with Crippen LogP contribution in [0.2, 0.25) is 5.02 Å². The number of rotatable bonds is 6. The van der Waals surface area contributed by atoms with Crippen LogP contribution in [0, 0.1) is 12.7 Å². The highest BCUT2D eigenvalue weighted by Crippen LogP contribution is 2.32. The zero-order chi connectivity index (χ0) is 22.0. The Morgan fingerprint density at radius 1 is 1.32 bits per heavy atom. The summed E-state index contributed by atoms with van der Waals surface area (Å²) in [5.74, 6) is 1.05. The average Bonchev–Trinajstić information content (AvgIpc) is 3.48. The monoisotopic (exact) mass is 482 g/mol. The van der Waals surface area contributed by atoms with Crippen LogP contribution in [0.25, 0.3) is 0 Å². The molecule has 4 rings (SSSR count). The number of aryl methyl sites for hydroxylation is 1. The van der Waals surface area contributed by atoms with Crippen LogP contribution in [0.15, 0.2) is 24.3 Å². The Hall–Kier alpha value is -1.61. The lowest BCUT2D eigenvalue weighted by Gasteiger charge is -2.30. The van der Waals surface area contributed by atoms with Gasteiger partial charge in [-0.25, -0.2) is 4.39 Å². The fraction of sp³-hybridized carbons (Fsp3) is 0.455. The third-order valence-corrected chi connectivity index (χ3v) is 8.15. The first-order valence-corrected chi connectivity index (χ1v) is 12.6. The number of nitrogens with zero attached hydrogens (tertiary/aromatic N) is 1. The Morgan fingerprint density at radius 3 is 2.84 bits per heavy atom. The molecule has 0 saturated carbocycles. The third-order valence-electron chi connectivity index (χ3n) is 5.56. The predicted molar refractivity (Wildman–Crippen MR) is 124 cm³/mol. The van der Waals surface area contributed by atoms with Crippen molar-refractivity contribution in [2.24, 2.45) is 0 Å². The van der Waals surface area contributed by atoms with Crippen molar-refractivity contribution in [1.82, 2.24) is 4.90 Å². The lowest BCUT2D eigenvalue weighted by molar-refractivity contribution is 0.0445. The van der Waals surface area contributed by atoms with Gasteiger partial charge in [-0.1, -0.05) is 11.6 Å². The molecule has 31 heavy (non-hydrogen) atoms. The molecule has 2 amide bonds. The summed E-state index contributed by atoms with van der Waals surface area (Å²) in [6, 6.07) is 5.65. The maximum absolute atomic E-state index is 13.5. The zero-order valence-electron chi connectivity index (χ0n) is 17.2. The molecule has 2 aromatic rings. The van der Waals surface area contributed by atoms with Crippen molar-refractivity contribution < 1.29 is 18.7 Å². The molecular weight excluding hydrogens is 459 g/mol. The number of amides is 2. The number of nitrogens with one attached hydrogen (secondary N) is 1. The number of ether oxygens (including phenoxy) is 1. The SMILES string of the molecule is Cc1cc(NC(=O)c2ccc(F)cc2Cl)sc1C(=O)N(CC1CCCO1)C1CCSC1. The summed E-state index contributed by atoms with van der Waals surface area (Å²) in [5, 5.41) is 3.39. The quantitative estimate of drug-likeness (QED) is 0.612. The lowest BCUT2D eigenvalue weighted by Crippen LogP contribution is -2.44. The first-order valence-electron chi connectivity index (χ1n) is 10.3. The van der Waals surface area contributed by atoms with Crippen molar-refractivity contribution in [3.05, 3.63) is 51.1 Å². The highest BCUT2D eigenvalue weighted by atomic mass is 35.5. The van der Waals surface area contributed by atoms with Crippen molar-refractivity contribution in [2.75, 3.05) is 30.0 Å². The standard InChI is InChI=1S/C22H24ClFN2O3S2/c1-13-9-19(25-21(27)17-5-4-14(24)10-18(17)23)31-20(13)22(28)26(15-6-8-30-12-15)11-16-3-2-7-29-16/h4-5,9-10,15-16H,2-3,6-8,11-12H2,1H3,(H,25,27). The van der Waals surface area contributed by atoms with Crippen LogP contribution < -0.4 is 5.32 Å². The van der Waals surface area contributed by atoms with Crippen LogP contribution in [0.5, 0.6) is 0 Å². The highest BCUT2D eigenvalue weighted by molar-refractivity contribution is 7.99. The second-order valence-corrected chi connectivity index (χ2v) is 10.4. The lowest BCUT2D eigenvalue weighted by atomic mass is 10.1. The molecule has 2 aliphatic heterocycles. The van der Waals surface area contributed by atoms with Gasteiger partial charge in [0.2, 0.25) is 0 Å².